The van der Waals surface area contributed by atoms with Crippen LogP contribution in [0, 0.1) is 5.41 Å². The van der Waals surface area contributed by atoms with Crippen LogP contribution in [-0.2, 0) is 19.4 Å². The Labute approximate surface area is 103 Å². The molecule has 1 aromatic rings. The molecular formula is C14H22N2O. The third-order valence-electron chi connectivity index (χ3n) is 3.74. The van der Waals surface area contributed by atoms with E-state index in [1.54, 1.807) is 6.07 Å². The number of nitrogens with zero attached hydrogens (tertiary/aromatic N) is 1. The fourth-order valence-corrected chi connectivity index (χ4v) is 2.30. The molecule has 0 aromatic carbocycles. The van der Waals surface area contributed by atoms with Gasteiger partial charge in [0.05, 0.1) is 0 Å². The monoisotopic (exact) mass is 234 g/mol. The molecule has 0 spiro atoms. The van der Waals surface area contributed by atoms with Crippen LogP contribution in [0.3, 0.4) is 0 Å². The van der Waals surface area contributed by atoms with E-state index in [2.05, 4.69) is 20.8 Å². The molecule has 0 saturated carbocycles. The third-order valence-corrected chi connectivity index (χ3v) is 3.74. The van der Waals surface area contributed by atoms with Crippen molar-refractivity contribution in [2.24, 2.45) is 11.1 Å². The van der Waals surface area contributed by atoms with E-state index in [0.717, 1.165) is 19.3 Å². The molecule has 0 bridgehead atoms. The van der Waals surface area contributed by atoms with Gasteiger partial charge in [0, 0.05) is 24.3 Å². The number of pyridine rings is 1. The first-order valence-electron chi connectivity index (χ1n) is 6.37. The van der Waals surface area contributed by atoms with Gasteiger partial charge in [-0.15, -0.1) is 0 Å². The van der Waals surface area contributed by atoms with Gasteiger partial charge in [0.25, 0.3) is 5.56 Å². The zero-order chi connectivity index (χ0) is 12.6. The predicted octanol–water partition coefficient (Wildman–Crippen LogP) is 1.71. The lowest BCUT2D eigenvalue weighted by Gasteiger charge is -2.28. The zero-order valence-corrected chi connectivity index (χ0v) is 11.0. The number of fused-ring (bicyclic) bond motifs is 1. The smallest absolute Gasteiger partial charge is 0.250 e. The van der Waals surface area contributed by atoms with Crippen LogP contribution in [0.15, 0.2) is 16.9 Å². The Hall–Kier alpha value is -1.09. The van der Waals surface area contributed by atoms with Crippen molar-refractivity contribution in [3.8, 4) is 0 Å². The topological polar surface area (TPSA) is 48.0 Å². The minimum atomic E-state index is 0.00676. The first-order valence-corrected chi connectivity index (χ1v) is 6.37. The van der Waals surface area contributed by atoms with Crippen molar-refractivity contribution in [2.45, 2.75) is 52.6 Å². The number of rotatable bonds is 2. The largest absolute Gasteiger partial charge is 0.326 e. The highest BCUT2D eigenvalue weighted by molar-refractivity contribution is 5.25. The van der Waals surface area contributed by atoms with Crippen LogP contribution in [0.1, 0.15) is 38.4 Å². The van der Waals surface area contributed by atoms with Gasteiger partial charge in [-0.1, -0.05) is 26.8 Å². The second-order valence-electron chi connectivity index (χ2n) is 6.08. The summed E-state index contributed by atoms with van der Waals surface area (Å²) in [5, 5.41) is 0. The van der Waals surface area contributed by atoms with E-state index in [1.807, 2.05) is 10.6 Å². The molecule has 2 rings (SSSR count). The summed E-state index contributed by atoms with van der Waals surface area (Å²) in [6.45, 7) is 6.98. The summed E-state index contributed by atoms with van der Waals surface area (Å²) in [5.74, 6) is 0. The highest BCUT2D eigenvalue weighted by Crippen LogP contribution is 2.23. The maximum Gasteiger partial charge on any atom is 0.250 e. The van der Waals surface area contributed by atoms with Gasteiger partial charge in [-0.3, -0.25) is 4.79 Å². The lowest BCUT2D eigenvalue weighted by atomic mass is 9.87. The molecule has 0 fully saturated rings. The van der Waals surface area contributed by atoms with Crippen molar-refractivity contribution in [3.63, 3.8) is 0 Å². The first-order chi connectivity index (χ1) is 7.89. The van der Waals surface area contributed by atoms with Gasteiger partial charge in [0.15, 0.2) is 0 Å². The predicted molar refractivity (Wildman–Crippen MR) is 70.2 cm³/mol. The van der Waals surface area contributed by atoms with Crippen LogP contribution in [-0.4, -0.2) is 10.6 Å². The van der Waals surface area contributed by atoms with E-state index < -0.39 is 0 Å². The molecule has 94 valence electrons. The Bertz CT molecular complexity index is 468. The molecule has 1 aliphatic rings. The van der Waals surface area contributed by atoms with Crippen LogP contribution >= 0.6 is 0 Å². The average Bonchev–Trinajstić information content (AvgIpc) is 2.68. The number of hydrogen-bond acceptors (Lipinski definition) is 2. The summed E-state index contributed by atoms with van der Waals surface area (Å²) >= 11 is 0. The summed E-state index contributed by atoms with van der Waals surface area (Å²) in [6, 6.07) is 3.66. The summed E-state index contributed by atoms with van der Waals surface area (Å²) < 4.78 is 1.89. The fourth-order valence-electron chi connectivity index (χ4n) is 2.30. The highest BCUT2D eigenvalue weighted by Gasteiger charge is 2.23. The SMILES string of the molecule is CC(C)(C)C(N)Cn1c2c(ccc1=O)CCC2. The molecule has 1 heterocycles. The van der Waals surface area contributed by atoms with Gasteiger partial charge in [0.2, 0.25) is 0 Å². The second kappa shape index (κ2) is 4.30. The van der Waals surface area contributed by atoms with Crippen molar-refractivity contribution >= 4 is 0 Å². The molecule has 0 saturated heterocycles. The standard InChI is InChI=1S/C14H22N2O/c1-14(2,3)12(15)9-16-11-6-4-5-10(11)7-8-13(16)17/h7-8,12H,4-6,9,15H2,1-3H3. The third kappa shape index (κ3) is 2.44. The maximum atomic E-state index is 11.9. The molecule has 2 N–H and O–H groups in total. The molecule has 0 amide bonds. The van der Waals surface area contributed by atoms with E-state index >= 15 is 0 Å². The number of hydrogen-bond donors (Lipinski definition) is 1. The molecule has 17 heavy (non-hydrogen) atoms. The lowest BCUT2D eigenvalue weighted by molar-refractivity contribution is 0.287. The van der Waals surface area contributed by atoms with Gasteiger partial charge in [-0.25, -0.2) is 0 Å². The van der Waals surface area contributed by atoms with Gasteiger partial charge < -0.3 is 10.3 Å². The van der Waals surface area contributed by atoms with Crippen molar-refractivity contribution in [1.29, 1.82) is 0 Å². The summed E-state index contributed by atoms with van der Waals surface area (Å²) in [6.07, 6.45) is 3.27. The van der Waals surface area contributed by atoms with Crippen molar-refractivity contribution in [2.75, 3.05) is 0 Å². The summed E-state index contributed by atoms with van der Waals surface area (Å²) in [4.78, 5) is 11.9. The van der Waals surface area contributed by atoms with Crippen LogP contribution in [0.2, 0.25) is 0 Å². The van der Waals surface area contributed by atoms with E-state index in [-0.39, 0.29) is 17.0 Å². The Morgan fingerprint density at radius 1 is 1.35 bits per heavy atom. The van der Waals surface area contributed by atoms with Crippen molar-refractivity contribution < 1.29 is 0 Å². The Morgan fingerprint density at radius 3 is 2.71 bits per heavy atom. The molecule has 3 nitrogen and oxygen atoms in total. The van der Waals surface area contributed by atoms with Crippen LogP contribution in [0.4, 0.5) is 0 Å². The molecule has 1 unspecified atom stereocenters. The average molecular weight is 234 g/mol. The van der Waals surface area contributed by atoms with Crippen LogP contribution in [0.5, 0.6) is 0 Å². The van der Waals surface area contributed by atoms with Crippen LogP contribution in [0.25, 0.3) is 0 Å². The van der Waals surface area contributed by atoms with E-state index in [4.69, 9.17) is 5.73 Å². The quantitative estimate of drug-likeness (QED) is 0.847. The molecule has 1 atom stereocenters. The van der Waals surface area contributed by atoms with E-state index in [1.165, 1.54) is 11.3 Å². The second-order valence-corrected chi connectivity index (χ2v) is 6.08. The Morgan fingerprint density at radius 2 is 2.06 bits per heavy atom. The highest BCUT2D eigenvalue weighted by atomic mass is 16.1. The maximum absolute atomic E-state index is 11.9. The molecule has 1 aliphatic carbocycles. The van der Waals surface area contributed by atoms with Gasteiger partial charge >= 0.3 is 0 Å². The molecule has 0 radical (unpaired) electrons. The van der Waals surface area contributed by atoms with E-state index in [0.29, 0.717) is 6.54 Å². The zero-order valence-electron chi connectivity index (χ0n) is 11.0. The van der Waals surface area contributed by atoms with E-state index in [9.17, 15) is 4.79 Å². The van der Waals surface area contributed by atoms with Gasteiger partial charge in [-0.05, 0) is 30.2 Å². The summed E-state index contributed by atoms with van der Waals surface area (Å²) in [7, 11) is 0. The van der Waals surface area contributed by atoms with Crippen molar-refractivity contribution in [3.05, 3.63) is 33.7 Å². The first kappa shape index (κ1) is 12.4. The van der Waals surface area contributed by atoms with Gasteiger partial charge in [-0.2, -0.15) is 0 Å². The molecule has 0 aliphatic heterocycles. The molecular weight excluding hydrogens is 212 g/mol. The van der Waals surface area contributed by atoms with Crippen molar-refractivity contribution in [1.82, 2.24) is 4.57 Å². The number of aromatic nitrogens is 1. The molecule has 1 aromatic heterocycles. The number of nitrogens with two attached hydrogens (primary N) is 1. The lowest BCUT2D eigenvalue weighted by Crippen LogP contribution is -2.42. The Balaban J connectivity index is 2.34. The normalized spacial score (nSPS) is 16.9. The number of aryl methyl sites for hydroxylation is 1. The van der Waals surface area contributed by atoms with Gasteiger partial charge in [0.1, 0.15) is 0 Å². The Kier molecular flexibility index (Phi) is 3.13. The minimum absolute atomic E-state index is 0.00676. The van der Waals surface area contributed by atoms with Crippen LogP contribution < -0.4 is 11.3 Å². The minimum Gasteiger partial charge on any atom is -0.326 e. The molecule has 3 heteroatoms. The fraction of sp³-hybridized carbons (Fsp3) is 0.643. The summed E-state index contributed by atoms with van der Waals surface area (Å²) in [5.41, 5.74) is 8.83.